The van der Waals surface area contributed by atoms with Gasteiger partial charge in [-0.2, -0.15) is 13.2 Å². The number of rotatable bonds is 3. The summed E-state index contributed by atoms with van der Waals surface area (Å²) in [6.07, 6.45) is -4.54. The van der Waals surface area contributed by atoms with Crippen LogP contribution in [0.3, 0.4) is 0 Å². The number of sulfonamides is 1. The standard InChI is InChI=1S/C10H11F3N2O3S/c1-6-2-3-7(4-8(6)19(14,17)18)9(16)15-5-10(11,12)13/h2-4H,5H2,1H3,(H,15,16)(H2,14,17,18). The lowest BCUT2D eigenvalue weighted by Gasteiger charge is -2.10. The van der Waals surface area contributed by atoms with Gasteiger partial charge in [-0.3, -0.25) is 4.79 Å². The van der Waals surface area contributed by atoms with Crippen LogP contribution in [0.2, 0.25) is 0 Å². The number of alkyl halides is 3. The minimum absolute atomic E-state index is 0.209. The van der Waals surface area contributed by atoms with Gasteiger partial charge < -0.3 is 5.32 Å². The molecule has 1 aromatic rings. The van der Waals surface area contributed by atoms with E-state index in [1.165, 1.54) is 19.1 Å². The van der Waals surface area contributed by atoms with Gasteiger partial charge in [-0.1, -0.05) is 6.07 Å². The number of carbonyl (C=O) groups excluding carboxylic acids is 1. The van der Waals surface area contributed by atoms with Crippen LogP contribution in [0.4, 0.5) is 13.2 Å². The second-order valence-electron chi connectivity index (χ2n) is 3.82. The molecule has 0 aliphatic rings. The summed E-state index contributed by atoms with van der Waals surface area (Å²) >= 11 is 0. The molecule has 0 saturated heterocycles. The van der Waals surface area contributed by atoms with E-state index in [9.17, 15) is 26.4 Å². The van der Waals surface area contributed by atoms with Gasteiger partial charge in [0.1, 0.15) is 6.54 Å². The number of halogens is 3. The van der Waals surface area contributed by atoms with Crippen molar-refractivity contribution in [3.05, 3.63) is 29.3 Å². The van der Waals surface area contributed by atoms with E-state index in [-0.39, 0.29) is 10.5 Å². The maximum atomic E-state index is 11.9. The Kier molecular flexibility index (Phi) is 4.21. The molecule has 0 unspecified atom stereocenters. The fraction of sp³-hybridized carbons (Fsp3) is 0.300. The zero-order valence-corrected chi connectivity index (χ0v) is 10.6. The van der Waals surface area contributed by atoms with Gasteiger partial charge in [0.2, 0.25) is 10.0 Å². The normalized spacial score (nSPS) is 12.3. The molecule has 106 valence electrons. The van der Waals surface area contributed by atoms with E-state index in [1.807, 2.05) is 0 Å². The molecule has 0 aromatic heterocycles. The molecular weight excluding hydrogens is 285 g/mol. The van der Waals surface area contributed by atoms with Crippen LogP contribution in [0.5, 0.6) is 0 Å². The van der Waals surface area contributed by atoms with Crippen LogP contribution in [0, 0.1) is 6.92 Å². The third kappa shape index (κ3) is 4.52. The number of primary sulfonamides is 1. The van der Waals surface area contributed by atoms with Crippen LogP contribution in [0.15, 0.2) is 23.1 Å². The van der Waals surface area contributed by atoms with Crippen LogP contribution in [-0.4, -0.2) is 27.0 Å². The first kappa shape index (κ1) is 15.4. The Morgan fingerprint density at radius 1 is 1.37 bits per heavy atom. The Labute approximate surface area is 107 Å². The van der Waals surface area contributed by atoms with Crippen LogP contribution in [-0.2, 0) is 10.0 Å². The number of hydrogen-bond acceptors (Lipinski definition) is 3. The molecule has 0 aliphatic carbocycles. The molecule has 0 bridgehead atoms. The summed E-state index contributed by atoms with van der Waals surface area (Å²) in [5.41, 5.74) is 0.0914. The predicted octanol–water partition coefficient (Wildman–Crippen LogP) is 0.935. The van der Waals surface area contributed by atoms with E-state index in [1.54, 1.807) is 5.32 Å². The summed E-state index contributed by atoms with van der Waals surface area (Å²) in [6.45, 7) is -0.0401. The minimum Gasteiger partial charge on any atom is -0.343 e. The first-order chi connectivity index (χ1) is 8.50. The maximum Gasteiger partial charge on any atom is 0.405 e. The van der Waals surface area contributed by atoms with Crippen LogP contribution >= 0.6 is 0 Å². The molecule has 9 heteroatoms. The quantitative estimate of drug-likeness (QED) is 0.869. The highest BCUT2D eigenvalue weighted by molar-refractivity contribution is 7.89. The highest BCUT2D eigenvalue weighted by atomic mass is 32.2. The number of nitrogens with two attached hydrogens (primary N) is 1. The van der Waals surface area contributed by atoms with Gasteiger partial charge in [0.15, 0.2) is 0 Å². The molecule has 0 atom stereocenters. The summed E-state index contributed by atoms with van der Waals surface area (Å²) in [6, 6.07) is 3.45. The number of benzene rings is 1. The zero-order valence-electron chi connectivity index (χ0n) is 9.78. The second-order valence-corrected chi connectivity index (χ2v) is 5.35. The summed E-state index contributed by atoms with van der Waals surface area (Å²) in [5.74, 6) is -1.03. The predicted molar refractivity (Wildman–Crippen MR) is 60.9 cm³/mol. The first-order valence-electron chi connectivity index (χ1n) is 4.99. The SMILES string of the molecule is Cc1ccc(C(=O)NCC(F)(F)F)cc1S(N)(=O)=O. The summed E-state index contributed by atoms with van der Waals surface area (Å²) in [7, 11) is -4.04. The van der Waals surface area contributed by atoms with Gasteiger partial charge in [0, 0.05) is 5.56 Å². The third-order valence-corrected chi connectivity index (χ3v) is 3.26. The van der Waals surface area contributed by atoms with Gasteiger partial charge in [-0.25, -0.2) is 13.6 Å². The molecule has 1 aromatic carbocycles. The average molecular weight is 296 g/mol. The van der Waals surface area contributed by atoms with Gasteiger partial charge >= 0.3 is 6.18 Å². The van der Waals surface area contributed by atoms with Gasteiger partial charge in [-0.05, 0) is 24.6 Å². The van der Waals surface area contributed by atoms with Gasteiger partial charge in [-0.15, -0.1) is 0 Å². The van der Waals surface area contributed by atoms with Crippen molar-refractivity contribution < 1.29 is 26.4 Å². The third-order valence-electron chi connectivity index (χ3n) is 2.21. The summed E-state index contributed by atoms with van der Waals surface area (Å²) in [5, 5.41) is 6.57. The van der Waals surface area contributed by atoms with Crippen molar-refractivity contribution in [1.29, 1.82) is 0 Å². The van der Waals surface area contributed by atoms with E-state index in [0.717, 1.165) is 6.07 Å². The van der Waals surface area contributed by atoms with Crippen molar-refractivity contribution >= 4 is 15.9 Å². The molecule has 0 aliphatic heterocycles. The fourth-order valence-electron chi connectivity index (χ4n) is 1.33. The Morgan fingerprint density at radius 3 is 2.42 bits per heavy atom. The smallest absolute Gasteiger partial charge is 0.343 e. The molecule has 0 fully saturated rings. The zero-order chi connectivity index (χ0) is 14.8. The molecule has 3 N–H and O–H groups in total. The molecule has 0 heterocycles. The lowest BCUT2D eigenvalue weighted by molar-refractivity contribution is -0.123. The molecule has 0 radical (unpaired) electrons. The average Bonchev–Trinajstić information content (AvgIpc) is 2.24. The van der Waals surface area contributed by atoms with E-state index < -0.39 is 28.7 Å². The van der Waals surface area contributed by atoms with Crippen molar-refractivity contribution in [3.63, 3.8) is 0 Å². The number of nitrogens with one attached hydrogen (secondary N) is 1. The number of aryl methyl sites for hydroxylation is 1. The monoisotopic (exact) mass is 296 g/mol. The molecule has 0 spiro atoms. The van der Waals surface area contributed by atoms with Crippen molar-refractivity contribution in [2.75, 3.05) is 6.54 Å². The minimum atomic E-state index is -4.54. The maximum absolute atomic E-state index is 11.9. The fourth-order valence-corrected chi connectivity index (χ4v) is 2.14. The highest BCUT2D eigenvalue weighted by Crippen LogP contribution is 2.16. The Morgan fingerprint density at radius 2 is 1.95 bits per heavy atom. The van der Waals surface area contributed by atoms with Crippen molar-refractivity contribution in [3.8, 4) is 0 Å². The van der Waals surface area contributed by atoms with Crippen LogP contribution < -0.4 is 10.5 Å². The van der Waals surface area contributed by atoms with E-state index >= 15 is 0 Å². The van der Waals surface area contributed by atoms with E-state index in [4.69, 9.17) is 5.14 Å². The Hall–Kier alpha value is -1.61. The first-order valence-corrected chi connectivity index (χ1v) is 6.54. The van der Waals surface area contributed by atoms with Crippen molar-refractivity contribution in [2.45, 2.75) is 18.0 Å². The Balaban J connectivity index is 3.00. The molecule has 5 nitrogen and oxygen atoms in total. The molecule has 19 heavy (non-hydrogen) atoms. The van der Waals surface area contributed by atoms with Gasteiger partial charge in [0.25, 0.3) is 5.91 Å². The number of hydrogen-bond donors (Lipinski definition) is 2. The summed E-state index contributed by atoms with van der Waals surface area (Å²) in [4.78, 5) is 11.1. The van der Waals surface area contributed by atoms with Crippen LogP contribution in [0.1, 0.15) is 15.9 Å². The lowest BCUT2D eigenvalue weighted by atomic mass is 10.1. The van der Waals surface area contributed by atoms with Crippen LogP contribution in [0.25, 0.3) is 0 Å². The second kappa shape index (κ2) is 5.17. The van der Waals surface area contributed by atoms with Gasteiger partial charge in [0.05, 0.1) is 4.90 Å². The molecular formula is C10H11F3N2O3S. The van der Waals surface area contributed by atoms with E-state index in [0.29, 0.717) is 5.56 Å². The number of carbonyl (C=O) groups is 1. The largest absolute Gasteiger partial charge is 0.405 e. The Bertz CT molecular complexity index is 597. The number of amides is 1. The molecule has 0 saturated carbocycles. The molecule has 1 amide bonds. The van der Waals surface area contributed by atoms with Crippen molar-refractivity contribution in [1.82, 2.24) is 5.32 Å². The van der Waals surface area contributed by atoms with Crippen molar-refractivity contribution in [2.24, 2.45) is 5.14 Å². The summed E-state index contributed by atoms with van der Waals surface area (Å²) < 4.78 is 58.2. The highest BCUT2D eigenvalue weighted by Gasteiger charge is 2.28. The molecule has 1 rings (SSSR count). The topological polar surface area (TPSA) is 89.3 Å². The van der Waals surface area contributed by atoms with E-state index in [2.05, 4.69) is 0 Å². The lowest BCUT2D eigenvalue weighted by Crippen LogP contribution is -2.33.